The maximum atomic E-state index is 2.54. The minimum Gasteiger partial charge on any atom is -0.339 e. The summed E-state index contributed by atoms with van der Waals surface area (Å²) in [4.78, 5) is 5.54. The summed E-state index contributed by atoms with van der Waals surface area (Å²) in [6, 6.07) is 13.5. The standard InChI is InChI=1S/C20H17NS4/c1-12(2)11-21-13-9-17(15-5-3-7-22-15)24-19(13)20-14(21)10-18(25-20)16-6-4-8-23-16/h3-10,12H,11H2,1-2H3. The van der Waals surface area contributed by atoms with Gasteiger partial charge in [0.15, 0.2) is 0 Å². The van der Waals surface area contributed by atoms with Gasteiger partial charge < -0.3 is 4.57 Å². The molecule has 5 aromatic rings. The van der Waals surface area contributed by atoms with E-state index in [1.54, 1.807) is 0 Å². The molecule has 126 valence electrons. The zero-order valence-corrected chi connectivity index (χ0v) is 17.2. The molecule has 5 heteroatoms. The van der Waals surface area contributed by atoms with Crippen LogP contribution in [0.25, 0.3) is 39.9 Å². The number of rotatable bonds is 4. The Kier molecular flexibility index (Phi) is 3.86. The number of nitrogens with zero attached hydrogens (tertiary/aromatic N) is 1. The van der Waals surface area contributed by atoms with E-state index in [1.807, 2.05) is 45.3 Å². The van der Waals surface area contributed by atoms with Crippen molar-refractivity contribution in [2.45, 2.75) is 20.4 Å². The number of aromatic nitrogens is 1. The molecule has 0 amide bonds. The van der Waals surface area contributed by atoms with Gasteiger partial charge in [-0.15, -0.1) is 45.3 Å². The van der Waals surface area contributed by atoms with Gasteiger partial charge in [-0.2, -0.15) is 0 Å². The van der Waals surface area contributed by atoms with Gasteiger partial charge in [-0.1, -0.05) is 26.0 Å². The lowest BCUT2D eigenvalue weighted by Gasteiger charge is -2.08. The molecular weight excluding hydrogens is 382 g/mol. The summed E-state index contributed by atoms with van der Waals surface area (Å²) in [5.41, 5.74) is 2.81. The second-order valence-corrected chi connectivity index (χ2v) is 10.6. The lowest BCUT2D eigenvalue weighted by atomic mass is 10.2. The molecule has 0 N–H and O–H groups in total. The van der Waals surface area contributed by atoms with Crippen LogP contribution in [0, 0.1) is 5.92 Å². The summed E-state index contributed by atoms with van der Waals surface area (Å²) in [7, 11) is 0. The van der Waals surface area contributed by atoms with Crippen molar-refractivity contribution in [1.82, 2.24) is 4.57 Å². The highest BCUT2D eigenvalue weighted by Crippen LogP contribution is 2.46. The Morgan fingerprint density at radius 1 is 0.800 bits per heavy atom. The zero-order valence-electron chi connectivity index (χ0n) is 14.0. The van der Waals surface area contributed by atoms with Gasteiger partial charge in [0.25, 0.3) is 0 Å². The summed E-state index contributed by atoms with van der Waals surface area (Å²) < 4.78 is 5.44. The minimum atomic E-state index is 0.633. The van der Waals surface area contributed by atoms with Crippen molar-refractivity contribution >= 4 is 65.8 Å². The molecule has 0 aromatic carbocycles. The molecule has 0 aliphatic rings. The first kappa shape index (κ1) is 15.8. The SMILES string of the molecule is CC(C)Cn1c2cc(-c3cccs3)sc2c2sc(-c3cccs3)cc21. The summed E-state index contributed by atoms with van der Waals surface area (Å²) in [5, 5.41) is 4.33. The average Bonchev–Trinajstić information content (AvgIpc) is 3.39. The average molecular weight is 400 g/mol. The molecule has 25 heavy (non-hydrogen) atoms. The highest BCUT2D eigenvalue weighted by Gasteiger charge is 2.19. The Balaban J connectivity index is 1.77. The minimum absolute atomic E-state index is 0.633. The Hall–Kier alpha value is -1.40. The molecule has 0 aliphatic carbocycles. The highest BCUT2D eigenvalue weighted by atomic mass is 32.1. The molecule has 5 heterocycles. The van der Waals surface area contributed by atoms with Crippen LogP contribution in [-0.4, -0.2) is 4.57 Å². The van der Waals surface area contributed by atoms with Crippen molar-refractivity contribution in [3.8, 4) is 19.5 Å². The molecular formula is C20H17NS4. The van der Waals surface area contributed by atoms with Crippen molar-refractivity contribution in [1.29, 1.82) is 0 Å². The number of hydrogen-bond acceptors (Lipinski definition) is 4. The van der Waals surface area contributed by atoms with E-state index < -0.39 is 0 Å². The van der Waals surface area contributed by atoms with Gasteiger partial charge in [-0.25, -0.2) is 0 Å². The molecule has 0 bridgehead atoms. The van der Waals surface area contributed by atoms with E-state index in [9.17, 15) is 0 Å². The van der Waals surface area contributed by atoms with Crippen LogP contribution in [0.3, 0.4) is 0 Å². The fraction of sp³-hybridized carbons (Fsp3) is 0.200. The molecule has 0 saturated heterocycles. The van der Waals surface area contributed by atoms with E-state index >= 15 is 0 Å². The highest BCUT2D eigenvalue weighted by molar-refractivity contribution is 7.32. The lowest BCUT2D eigenvalue weighted by Crippen LogP contribution is -2.03. The fourth-order valence-corrected chi connectivity index (χ4v) is 7.38. The van der Waals surface area contributed by atoms with E-state index in [1.165, 1.54) is 39.9 Å². The molecule has 0 fully saturated rings. The second kappa shape index (κ2) is 6.09. The van der Waals surface area contributed by atoms with Gasteiger partial charge in [-0.05, 0) is 40.9 Å². The van der Waals surface area contributed by atoms with Crippen LogP contribution in [0.1, 0.15) is 13.8 Å². The fourth-order valence-electron chi connectivity index (χ4n) is 3.26. The molecule has 1 nitrogen and oxygen atoms in total. The van der Waals surface area contributed by atoms with E-state index in [4.69, 9.17) is 0 Å². The summed E-state index contributed by atoms with van der Waals surface area (Å²) in [5.74, 6) is 0.633. The predicted molar refractivity (Wildman–Crippen MR) is 117 cm³/mol. The molecule has 0 radical (unpaired) electrons. The van der Waals surface area contributed by atoms with Gasteiger partial charge in [0.1, 0.15) is 0 Å². The summed E-state index contributed by atoms with van der Waals surface area (Å²) in [6.07, 6.45) is 0. The van der Waals surface area contributed by atoms with Crippen LogP contribution in [0.2, 0.25) is 0 Å². The van der Waals surface area contributed by atoms with Crippen LogP contribution in [-0.2, 0) is 6.54 Å². The van der Waals surface area contributed by atoms with E-state index in [-0.39, 0.29) is 0 Å². The monoisotopic (exact) mass is 399 g/mol. The van der Waals surface area contributed by atoms with Crippen molar-refractivity contribution in [2.24, 2.45) is 5.92 Å². The van der Waals surface area contributed by atoms with Gasteiger partial charge in [0, 0.05) is 26.1 Å². The van der Waals surface area contributed by atoms with Crippen molar-refractivity contribution in [3.63, 3.8) is 0 Å². The van der Waals surface area contributed by atoms with Gasteiger partial charge in [0.05, 0.1) is 20.4 Å². The third-order valence-corrected chi connectivity index (χ3v) is 8.83. The Labute approximate surface area is 162 Å². The molecule has 5 aromatic heterocycles. The Bertz CT molecular complexity index is 1050. The first-order valence-corrected chi connectivity index (χ1v) is 11.7. The molecule has 0 saturated carbocycles. The second-order valence-electron chi connectivity index (χ2n) is 6.61. The van der Waals surface area contributed by atoms with Crippen LogP contribution in [0.5, 0.6) is 0 Å². The lowest BCUT2D eigenvalue weighted by molar-refractivity contribution is 0.546. The largest absolute Gasteiger partial charge is 0.339 e. The van der Waals surface area contributed by atoms with E-state index in [2.05, 4.69) is 65.6 Å². The van der Waals surface area contributed by atoms with E-state index in [0.717, 1.165) is 6.54 Å². The third kappa shape index (κ3) is 2.61. The first-order chi connectivity index (χ1) is 12.2. The predicted octanol–water partition coefficient (Wildman–Crippen LogP) is 8.03. The van der Waals surface area contributed by atoms with Crippen LogP contribution in [0.15, 0.2) is 47.2 Å². The molecule has 0 atom stereocenters. The zero-order chi connectivity index (χ0) is 17.0. The normalized spacial score (nSPS) is 12.1. The van der Waals surface area contributed by atoms with Crippen molar-refractivity contribution < 1.29 is 0 Å². The van der Waals surface area contributed by atoms with E-state index in [0.29, 0.717) is 5.92 Å². The third-order valence-electron chi connectivity index (χ3n) is 4.29. The van der Waals surface area contributed by atoms with Crippen LogP contribution in [0.4, 0.5) is 0 Å². The number of hydrogen-bond donors (Lipinski definition) is 0. The molecule has 0 aliphatic heterocycles. The van der Waals surface area contributed by atoms with Crippen LogP contribution >= 0.6 is 45.3 Å². The number of fused-ring (bicyclic) bond motifs is 3. The quantitative estimate of drug-likeness (QED) is 0.288. The van der Waals surface area contributed by atoms with Gasteiger partial charge in [0.2, 0.25) is 0 Å². The van der Waals surface area contributed by atoms with Crippen LogP contribution < -0.4 is 0 Å². The van der Waals surface area contributed by atoms with Crippen molar-refractivity contribution in [2.75, 3.05) is 0 Å². The Morgan fingerprint density at radius 3 is 1.72 bits per heavy atom. The van der Waals surface area contributed by atoms with Gasteiger partial charge in [-0.3, -0.25) is 0 Å². The first-order valence-electron chi connectivity index (χ1n) is 8.34. The molecule has 5 rings (SSSR count). The Morgan fingerprint density at radius 2 is 1.32 bits per heavy atom. The number of thiophene rings is 4. The smallest absolute Gasteiger partial charge is 0.0708 e. The molecule has 0 unspecified atom stereocenters. The molecule has 0 spiro atoms. The summed E-state index contributed by atoms with van der Waals surface area (Å²) >= 11 is 7.55. The topological polar surface area (TPSA) is 4.93 Å². The summed E-state index contributed by atoms with van der Waals surface area (Å²) in [6.45, 7) is 5.68. The maximum absolute atomic E-state index is 2.54. The maximum Gasteiger partial charge on any atom is 0.0708 e. The van der Waals surface area contributed by atoms with Crippen molar-refractivity contribution in [3.05, 3.63) is 47.2 Å². The van der Waals surface area contributed by atoms with Gasteiger partial charge >= 0.3 is 0 Å².